The highest BCUT2D eigenvalue weighted by Gasteiger charge is 2.26. The number of hydrogen-bond acceptors (Lipinski definition) is 4. The number of aliphatic hydroxyl groups is 1. The second-order valence-corrected chi connectivity index (χ2v) is 6.34. The minimum absolute atomic E-state index is 0.119. The summed E-state index contributed by atoms with van der Waals surface area (Å²) in [6.45, 7) is 6.50. The highest BCUT2D eigenvalue weighted by molar-refractivity contribution is 5.42. The molecule has 0 bridgehead atoms. The van der Waals surface area contributed by atoms with Crippen LogP contribution in [0, 0.1) is 5.82 Å². The van der Waals surface area contributed by atoms with Gasteiger partial charge in [-0.15, -0.1) is 0 Å². The van der Waals surface area contributed by atoms with Crippen LogP contribution in [0.2, 0.25) is 0 Å². The zero-order valence-corrected chi connectivity index (χ0v) is 15.0. The smallest absolute Gasteiger partial charge is 0.150 e. The molecule has 0 amide bonds. The van der Waals surface area contributed by atoms with E-state index in [9.17, 15) is 9.50 Å². The van der Waals surface area contributed by atoms with Crippen molar-refractivity contribution in [2.24, 2.45) is 0 Å². The minimum Gasteiger partial charge on any atom is -0.489 e. The Hall–Kier alpha value is -2.18. The molecule has 1 aromatic heterocycles. The summed E-state index contributed by atoms with van der Waals surface area (Å²) in [5.74, 6) is -0.205. The van der Waals surface area contributed by atoms with Gasteiger partial charge in [-0.05, 0) is 37.8 Å². The van der Waals surface area contributed by atoms with Gasteiger partial charge in [0.25, 0.3) is 0 Å². The van der Waals surface area contributed by atoms with Crippen LogP contribution in [0.4, 0.5) is 4.39 Å². The topological polar surface area (TPSA) is 56.5 Å². The van der Waals surface area contributed by atoms with Crippen molar-refractivity contribution in [2.75, 3.05) is 13.2 Å². The van der Waals surface area contributed by atoms with Crippen LogP contribution in [0.15, 0.2) is 37.1 Å². The highest BCUT2D eigenvalue weighted by atomic mass is 19.1. The van der Waals surface area contributed by atoms with E-state index in [1.165, 1.54) is 6.07 Å². The molecule has 2 aromatic rings. The van der Waals surface area contributed by atoms with Crippen LogP contribution in [0.25, 0.3) is 0 Å². The largest absolute Gasteiger partial charge is 0.489 e. The summed E-state index contributed by atoms with van der Waals surface area (Å²) < 4.78 is 27.6. The Bertz CT molecular complexity index is 754. The molecule has 2 heterocycles. The fourth-order valence-corrected chi connectivity index (χ4v) is 3.24. The molecule has 0 saturated carbocycles. The Labute approximate surface area is 153 Å². The third-order valence-electron chi connectivity index (χ3n) is 4.56. The Morgan fingerprint density at radius 1 is 1.50 bits per heavy atom. The van der Waals surface area contributed by atoms with Crippen molar-refractivity contribution >= 4 is 0 Å². The number of hydrogen-bond donors (Lipinski definition) is 1. The lowest BCUT2D eigenvalue weighted by Gasteiger charge is -2.22. The number of ether oxygens (including phenoxy) is 2. The van der Waals surface area contributed by atoms with Crippen molar-refractivity contribution in [1.82, 2.24) is 9.78 Å². The average molecular weight is 360 g/mol. The molecule has 5 nitrogen and oxygen atoms in total. The van der Waals surface area contributed by atoms with E-state index < -0.39 is 11.9 Å². The standard InChI is InChI=1S/C20H25FN2O3/c1-3-11-25-17-9-7-8-15(21)19(17)20(24)14-13-23(22-16(14)4-2)18-10-5-6-12-26-18/h3,7-9,13,18,20,24H,1,4-6,10-12H2,2H3. The maximum absolute atomic E-state index is 14.5. The normalized spacial score (nSPS) is 18.5. The first-order valence-corrected chi connectivity index (χ1v) is 9.05. The van der Waals surface area contributed by atoms with E-state index in [1.54, 1.807) is 29.1 Å². The fraction of sp³-hybridized carbons (Fsp3) is 0.450. The molecule has 1 aliphatic heterocycles. The number of benzene rings is 1. The van der Waals surface area contributed by atoms with Gasteiger partial charge in [-0.3, -0.25) is 0 Å². The fourth-order valence-electron chi connectivity index (χ4n) is 3.24. The third-order valence-corrected chi connectivity index (χ3v) is 4.56. The number of rotatable bonds is 7. The molecule has 26 heavy (non-hydrogen) atoms. The van der Waals surface area contributed by atoms with Crippen LogP contribution in [0.1, 0.15) is 55.3 Å². The zero-order chi connectivity index (χ0) is 18.5. The molecule has 6 heteroatoms. The zero-order valence-electron chi connectivity index (χ0n) is 15.0. The Balaban J connectivity index is 1.95. The molecule has 1 fully saturated rings. The number of aliphatic hydroxyl groups excluding tert-OH is 1. The van der Waals surface area contributed by atoms with Crippen LogP contribution in [-0.2, 0) is 11.2 Å². The molecule has 3 rings (SSSR count). The maximum Gasteiger partial charge on any atom is 0.150 e. The summed E-state index contributed by atoms with van der Waals surface area (Å²) in [5.41, 5.74) is 1.42. The van der Waals surface area contributed by atoms with Gasteiger partial charge in [0, 0.05) is 18.4 Å². The van der Waals surface area contributed by atoms with Gasteiger partial charge in [-0.2, -0.15) is 5.10 Å². The van der Waals surface area contributed by atoms with Gasteiger partial charge in [-0.1, -0.05) is 25.6 Å². The molecular formula is C20H25FN2O3. The van der Waals surface area contributed by atoms with Crippen molar-refractivity contribution in [3.63, 3.8) is 0 Å². The second kappa shape index (κ2) is 8.47. The summed E-state index contributed by atoms with van der Waals surface area (Å²) in [7, 11) is 0. The predicted octanol–water partition coefficient (Wildman–Crippen LogP) is 3.93. The van der Waals surface area contributed by atoms with Gasteiger partial charge in [0.05, 0.1) is 11.3 Å². The molecule has 1 N–H and O–H groups in total. The molecule has 2 unspecified atom stereocenters. The summed E-state index contributed by atoms with van der Waals surface area (Å²) in [5, 5.41) is 15.5. The monoisotopic (exact) mass is 360 g/mol. The van der Waals surface area contributed by atoms with Gasteiger partial charge in [0.1, 0.15) is 30.5 Å². The van der Waals surface area contributed by atoms with E-state index in [4.69, 9.17) is 9.47 Å². The van der Waals surface area contributed by atoms with Gasteiger partial charge in [0.2, 0.25) is 0 Å². The van der Waals surface area contributed by atoms with Crippen molar-refractivity contribution in [2.45, 2.75) is 44.9 Å². The highest BCUT2D eigenvalue weighted by Crippen LogP contribution is 2.35. The van der Waals surface area contributed by atoms with Gasteiger partial charge in [-0.25, -0.2) is 9.07 Å². The molecular weight excluding hydrogens is 335 g/mol. The summed E-state index contributed by atoms with van der Waals surface area (Å²) >= 11 is 0. The van der Waals surface area contributed by atoms with Gasteiger partial charge >= 0.3 is 0 Å². The van der Waals surface area contributed by atoms with Crippen LogP contribution in [0.5, 0.6) is 5.75 Å². The summed E-state index contributed by atoms with van der Waals surface area (Å²) in [6, 6.07) is 4.52. The Morgan fingerprint density at radius 2 is 2.35 bits per heavy atom. The second-order valence-electron chi connectivity index (χ2n) is 6.34. The van der Waals surface area contributed by atoms with Crippen molar-refractivity contribution in [3.05, 3.63) is 59.7 Å². The quantitative estimate of drug-likeness (QED) is 0.760. The first-order chi connectivity index (χ1) is 12.7. The molecule has 1 saturated heterocycles. The molecule has 140 valence electrons. The first kappa shape index (κ1) is 18.6. The Kier molecular flexibility index (Phi) is 6.06. The van der Waals surface area contributed by atoms with Crippen LogP contribution >= 0.6 is 0 Å². The number of aromatic nitrogens is 2. The van der Waals surface area contributed by atoms with Crippen molar-refractivity contribution in [1.29, 1.82) is 0 Å². The van der Waals surface area contributed by atoms with Crippen LogP contribution < -0.4 is 4.74 Å². The minimum atomic E-state index is -1.16. The van der Waals surface area contributed by atoms with Gasteiger partial charge in [0.15, 0.2) is 0 Å². The van der Waals surface area contributed by atoms with E-state index in [0.717, 1.165) is 25.0 Å². The first-order valence-electron chi connectivity index (χ1n) is 9.05. The number of aryl methyl sites for hydroxylation is 1. The lowest BCUT2D eigenvalue weighted by Crippen LogP contribution is -2.18. The van der Waals surface area contributed by atoms with E-state index in [0.29, 0.717) is 24.3 Å². The average Bonchev–Trinajstić information content (AvgIpc) is 3.11. The number of nitrogens with zero attached hydrogens (tertiary/aromatic N) is 2. The molecule has 1 aliphatic rings. The SMILES string of the molecule is C=CCOc1cccc(F)c1C(O)c1cn(C2CCCCO2)nc1CC. The van der Waals surface area contributed by atoms with E-state index >= 15 is 0 Å². The molecule has 1 aromatic carbocycles. The van der Waals surface area contributed by atoms with E-state index in [-0.39, 0.29) is 18.4 Å². The summed E-state index contributed by atoms with van der Waals surface area (Å²) in [6.07, 6.45) is 5.69. The number of halogens is 1. The third kappa shape index (κ3) is 3.81. The predicted molar refractivity (Wildman–Crippen MR) is 96.6 cm³/mol. The van der Waals surface area contributed by atoms with E-state index in [1.807, 2.05) is 6.92 Å². The maximum atomic E-state index is 14.5. The van der Waals surface area contributed by atoms with Gasteiger partial charge < -0.3 is 14.6 Å². The molecule has 0 aliphatic carbocycles. The molecule has 0 radical (unpaired) electrons. The van der Waals surface area contributed by atoms with Crippen LogP contribution in [0.3, 0.4) is 0 Å². The molecule has 0 spiro atoms. The van der Waals surface area contributed by atoms with Crippen molar-refractivity contribution in [3.8, 4) is 5.75 Å². The van der Waals surface area contributed by atoms with E-state index in [2.05, 4.69) is 11.7 Å². The lowest BCUT2D eigenvalue weighted by atomic mass is 9.99. The summed E-state index contributed by atoms with van der Waals surface area (Å²) in [4.78, 5) is 0. The molecule has 2 atom stereocenters. The Morgan fingerprint density at radius 3 is 3.04 bits per heavy atom. The lowest BCUT2D eigenvalue weighted by molar-refractivity contribution is -0.0397. The van der Waals surface area contributed by atoms with Crippen molar-refractivity contribution < 1.29 is 19.0 Å². The van der Waals surface area contributed by atoms with Crippen LogP contribution in [-0.4, -0.2) is 28.1 Å².